The molecule has 92 valence electrons. The van der Waals surface area contributed by atoms with E-state index in [0.717, 1.165) is 0 Å². The Bertz CT molecular complexity index is 587. The van der Waals surface area contributed by atoms with Crippen molar-refractivity contribution < 1.29 is 4.74 Å². The van der Waals surface area contributed by atoms with Crippen molar-refractivity contribution in [2.75, 3.05) is 0 Å². The lowest BCUT2D eigenvalue weighted by atomic mass is 10.3. The van der Waals surface area contributed by atoms with Gasteiger partial charge in [0.05, 0.1) is 21.9 Å². The number of nitrogens with zero attached hydrogens (tertiary/aromatic N) is 1. The number of benzene rings is 1. The Morgan fingerprint density at radius 3 is 2.39 bits per heavy atom. The summed E-state index contributed by atoms with van der Waals surface area (Å²) in [6.45, 7) is 0. The molecule has 0 spiro atoms. The SMILES string of the molecule is NC(=S)c1ccc(Oc2ccc(Cl)c(Cl)c2)cn1. The summed E-state index contributed by atoms with van der Waals surface area (Å²) in [7, 11) is 0. The van der Waals surface area contributed by atoms with Crippen LogP contribution in [0.5, 0.6) is 11.5 Å². The van der Waals surface area contributed by atoms with Gasteiger partial charge in [0.1, 0.15) is 16.5 Å². The third-order valence-electron chi connectivity index (χ3n) is 2.12. The molecule has 0 bridgehead atoms. The molecular weight excluding hydrogens is 291 g/mol. The number of hydrogen-bond acceptors (Lipinski definition) is 3. The van der Waals surface area contributed by atoms with Crippen LogP contribution in [0.15, 0.2) is 36.5 Å². The van der Waals surface area contributed by atoms with Crippen LogP contribution in [0.25, 0.3) is 0 Å². The third-order valence-corrected chi connectivity index (χ3v) is 3.06. The van der Waals surface area contributed by atoms with Crippen molar-refractivity contribution in [2.24, 2.45) is 5.73 Å². The lowest BCUT2D eigenvalue weighted by Gasteiger charge is -2.06. The Balaban J connectivity index is 2.18. The lowest BCUT2D eigenvalue weighted by molar-refractivity contribution is 0.480. The summed E-state index contributed by atoms with van der Waals surface area (Å²) >= 11 is 16.5. The predicted octanol–water partition coefficient (Wildman–Crippen LogP) is 3.81. The highest BCUT2D eigenvalue weighted by Crippen LogP contribution is 2.29. The van der Waals surface area contributed by atoms with Crippen molar-refractivity contribution >= 4 is 40.4 Å². The molecule has 0 saturated heterocycles. The summed E-state index contributed by atoms with van der Waals surface area (Å²) in [6, 6.07) is 8.43. The second-order valence-electron chi connectivity index (χ2n) is 3.42. The maximum atomic E-state index is 5.89. The highest BCUT2D eigenvalue weighted by atomic mass is 35.5. The molecule has 0 atom stereocenters. The van der Waals surface area contributed by atoms with E-state index in [4.69, 9.17) is 45.9 Å². The number of thiocarbonyl (C=S) groups is 1. The van der Waals surface area contributed by atoms with Crippen molar-refractivity contribution in [3.63, 3.8) is 0 Å². The maximum Gasteiger partial charge on any atom is 0.145 e. The molecule has 0 saturated carbocycles. The molecule has 1 aromatic heterocycles. The molecular formula is C12H8Cl2N2OS. The molecule has 1 aromatic carbocycles. The van der Waals surface area contributed by atoms with Gasteiger partial charge in [-0.25, -0.2) is 4.98 Å². The van der Waals surface area contributed by atoms with Crippen LogP contribution in [-0.2, 0) is 0 Å². The molecule has 0 fully saturated rings. The van der Waals surface area contributed by atoms with Crippen molar-refractivity contribution in [2.45, 2.75) is 0 Å². The second-order valence-corrected chi connectivity index (χ2v) is 4.68. The van der Waals surface area contributed by atoms with E-state index in [-0.39, 0.29) is 4.99 Å². The molecule has 6 heteroatoms. The number of halogens is 2. The topological polar surface area (TPSA) is 48.1 Å². The van der Waals surface area contributed by atoms with E-state index >= 15 is 0 Å². The number of rotatable bonds is 3. The van der Waals surface area contributed by atoms with E-state index in [1.165, 1.54) is 6.20 Å². The molecule has 2 N–H and O–H groups in total. The van der Waals surface area contributed by atoms with Gasteiger partial charge in [-0.2, -0.15) is 0 Å². The largest absolute Gasteiger partial charge is 0.456 e. The van der Waals surface area contributed by atoms with E-state index in [1.54, 1.807) is 30.3 Å². The third kappa shape index (κ3) is 3.10. The average molecular weight is 299 g/mol. The first-order chi connectivity index (χ1) is 8.56. The fraction of sp³-hybridized carbons (Fsp3) is 0. The second kappa shape index (κ2) is 5.52. The Morgan fingerprint density at radius 1 is 1.11 bits per heavy atom. The summed E-state index contributed by atoms with van der Waals surface area (Å²) < 4.78 is 5.56. The van der Waals surface area contributed by atoms with Crippen LogP contribution >= 0.6 is 35.4 Å². The summed E-state index contributed by atoms with van der Waals surface area (Å²) in [6.07, 6.45) is 1.54. The zero-order valence-corrected chi connectivity index (χ0v) is 11.4. The van der Waals surface area contributed by atoms with Gasteiger partial charge in [-0.3, -0.25) is 0 Å². The smallest absolute Gasteiger partial charge is 0.145 e. The zero-order valence-electron chi connectivity index (χ0n) is 9.06. The highest BCUT2D eigenvalue weighted by Gasteiger charge is 2.03. The van der Waals surface area contributed by atoms with Gasteiger partial charge < -0.3 is 10.5 Å². The molecule has 3 nitrogen and oxygen atoms in total. The number of aromatic nitrogens is 1. The Morgan fingerprint density at radius 2 is 1.83 bits per heavy atom. The zero-order chi connectivity index (χ0) is 13.1. The van der Waals surface area contributed by atoms with E-state index < -0.39 is 0 Å². The normalized spacial score (nSPS) is 10.1. The van der Waals surface area contributed by atoms with Gasteiger partial charge in [-0.05, 0) is 24.3 Å². The van der Waals surface area contributed by atoms with E-state index in [0.29, 0.717) is 27.2 Å². The molecule has 0 aliphatic heterocycles. The average Bonchev–Trinajstić information content (AvgIpc) is 2.34. The van der Waals surface area contributed by atoms with Crippen molar-refractivity contribution in [3.05, 3.63) is 52.3 Å². The standard InChI is InChI=1S/C12H8Cl2N2OS/c13-9-3-1-7(5-10(9)14)17-8-2-4-11(12(15)18)16-6-8/h1-6H,(H2,15,18). The maximum absolute atomic E-state index is 5.89. The van der Waals surface area contributed by atoms with Crippen LogP contribution in [0.4, 0.5) is 0 Å². The summed E-state index contributed by atoms with van der Waals surface area (Å²) in [5.74, 6) is 1.14. The van der Waals surface area contributed by atoms with Gasteiger partial charge in [0.15, 0.2) is 0 Å². The Hall–Kier alpha value is -1.36. The van der Waals surface area contributed by atoms with Crippen LogP contribution < -0.4 is 10.5 Å². The van der Waals surface area contributed by atoms with Crippen molar-refractivity contribution in [3.8, 4) is 11.5 Å². The molecule has 0 aliphatic rings. The predicted molar refractivity (Wildman–Crippen MR) is 76.7 cm³/mol. The highest BCUT2D eigenvalue weighted by molar-refractivity contribution is 7.80. The molecule has 2 rings (SSSR count). The number of nitrogens with two attached hydrogens (primary N) is 1. The molecule has 1 heterocycles. The van der Waals surface area contributed by atoms with Gasteiger partial charge in [0.25, 0.3) is 0 Å². The monoisotopic (exact) mass is 298 g/mol. The van der Waals surface area contributed by atoms with Gasteiger partial charge in [-0.15, -0.1) is 0 Å². The minimum Gasteiger partial charge on any atom is -0.456 e. The van der Waals surface area contributed by atoms with Crippen LogP contribution in [0.2, 0.25) is 10.0 Å². The van der Waals surface area contributed by atoms with Crippen LogP contribution in [-0.4, -0.2) is 9.97 Å². The summed E-state index contributed by atoms with van der Waals surface area (Å²) in [4.78, 5) is 4.31. The number of ether oxygens (including phenoxy) is 1. The Kier molecular flexibility index (Phi) is 4.01. The molecule has 2 aromatic rings. The first-order valence-corrected chi connectivity index (χ1v) is 6.11. The van der Waals surface area contributed by atoms with Crippen LogP contribution in [0.3, 0.4) is 0 Å². The fourth-order valence-corrected chi connectivity index (χ4v) is 1.67. The van der Waals surface area contributed by atoms with E-state index in [2.05, 4.69) is 4.98 Å². The fourth-order valence-electron chi connectivity index (χ4n) is 1.26. The van der Waals surface area contributed by atoms with Gasteiger partial charge in [-0.1, -0.05) is 35.4 Å². The van der Waals surface area contributed by atoms with Crippen molar-refractivity contribution in [1.82, 2.24) is 4.98 Å². The van der Waals surface area contributed by atoms with Gasteiger partial charge in [0.2, 0.25) is 0 Å². The minimum atomic E-state index is 0.246. The first kappa shape index (κ1) is 13.1. The van der Waals surface area contributed by atoms with E-state index in [9.17, 15) is 0 Å². The van der Waals surface area contributed by atoms with E-state index in [1.807, 2.05) is 0 Å². The first-order valence-electron chi connectivity index (χ1n) is 4.95. The van der Waals surface area contributed by atoms with Crippen molar-refractivity contribution in [1.29, 1.82) is 0 Å². The van der Waals surface area contributed by atoms with Gasteiger partial charge >= 0.3 is 0 Å². The van der Waals surface area contributed by atoms with Crippen LogP contribution in [0.1, 0.15) is 5.69 Å². The number of hydrogen-bond donors (Lipinski definition) is 1. The Labute approximate surface area is 119 Å². The quantitative estimate of drug-likeness (QED) is 0.875. The number of pyridine rings is 1. The molecule has 0 radical (unpaired) electrons. The molecule has 0 amide bonds. The molecule has 0 aliphatic carbocycles. The van der Waals surface area contributed by atoms with Gasteiger partial charge in [0, 0.05) is 6.07 Å². The van der Waals surface area contributed by atoms with Crippen LogP contribution in [0, 0.1) is 0 Å². The lowest BCUT2D eigenvalue weighted by Crippen LogP contribution is -2.10. The summed E-state index contributed by atoms with van der Waals surface area (Å²) in [5, 5.41) is 0.910. The summed E-state index contributed by atoms with van der Waals surface area (Å²) in [5.41, 5.74) is 6.00. The molecule has 18 heavy (non-hydrogen) atoms. The minimum absolute atomic E-state index is 0.246. The molecule has 0 unspecified atom stereocenters.